The molecule has 3 nitrogen and oxygen atoms in total. The molecule has 3 fully saturated rings. The van der Waals surface area contributed by atoms with Crippen LogP contribution in [0.4, 0.5) is 0 Å². The van der Waals surface area contributed by atoms with E-state index >= 15 is 0 Å². The maximum atomic E-state index is 8.50. The topological polar surface area (TPSA) is 15.7 Å². The Morgan fingerprint density at radius 3 is 3.14 bits per heavy atom. The van der Waals surface area contributed by atoms with E-state index in [2.05, 4.69) is 16.8 Å². The lowest BCUT2D eigenvalue weighted by Gasteiger charge is -2.51. The van der Waals surface area contributed by atoms with Gasteiger partial charge in [-0.05, 0) is 26.4 Å². The van der Waals surface area contributed by atoms with Crippen LogP contribution in [-0.2, 0) is 4.74 Å². The highest BCUT2D eigenvalue weighted by molar-refractivity contribution is 4.94. The number of hydrogen-bond acceptors (Lipinski definition) is 3. The van der Waals surface area contributed by atoms with Crippen LogP contribution in [0.3, 0.4) is 0 Å². The van der Waals surface area contributed by atoms with E-state index in [4.69, 9.17) is 6.11 Å². The molecule has 0 aromatic heterocycles. The lowest BCUT2D eigenvalue weighted by molar-refractivity contribution is -0.169. The first-order valence-electron chi connectivity index (χ1n) is 6.28. The molecule has 80 valence electrons. The summed E-state index contributed by atoms with van der Waals surface area (Å²) in [4.78, 5) is 4.75. The predicted octanol–water partition coefficient (Wildman–Crippen LogP) is 0.554. The summed E-state index contributed by atoms with van der Waals surface area (Å²) in [7, 11) is 2.11. The summed E-state index contributed by atoms with van der Waals surface area (Å²) in [5.74, 6) is 0. The molecule has 3 heterocycles. The maximum absolute atomic E-state index is 8.50. The molecule has 0 amide bonds. The van der Waals surface area contributed by atoms with Crippen molar-refractivity contribution in [2.75, 3.05) is 33.2 Å². The van der Waals surface area contributed by atoms with Crippen molar-refractivity contribution in [3.8, 4) is 0 Å². The van der Waals surface area contributed by atoms with E-state index < -0.39 is 6.08 Å². The van der Waals surface area contributed by atoms with Gasteiger partial charge in [-0.3, -0.25) is 4.90 Å². The molecule has 14 heavy (non-hydrogen) atoms. The fourth-order valence-electron chi connectivity index (χ4n) is 3.08. The van der Waals surface area contributed by atoms with Crippen LogP contribution in [0.5, 0.6) is 0 Å². The van der Waals surface area contributed by atoms with Crippen LogP contribution >= 0.6 is 0 Å². The summed E-state index contributed by atoms with van der Waals surface area (Å²) in [5, 5.41) is 0. The zero-order chi connectivity index (χ0) is 10.5. The Kier molecular flexibility index (Phi) is 2.00. The monoisotopic (exact) mass is 197 g/mol. The van der Waals surface area contributed by atoms with Crippen molar-refractivity contribution in [1.82, 2.24) is 9.80 Å². The van der Waals surface area contributed by atoms with Gasteiger partial charge in [-0.15, -0.1) is 0 Å². The van der Waals surface area contributed by atoms with Crippen molar-refractivity contribution in [3.63, 3.8) is 0 Å². The highest BCUT2D eigenvalue weighted by Gasteiger charge is 2.41. The molecule has 0 N–H and O–H groups in total. The molecule has 0 spiro atoms. The van der Waals surface area contributed by atoms with E-state index in [1.807, 2.05) is 0 Å². The second-order valence-corrected chi connectivity index (χ2v) is 4.91. The number of hydrogen-bond donors (Lipinski definition) is 0. The molecule has 0 radical (unpaired) electrons. The highest BCUT2D eigenvalue weighted by atomic mass is 16.5. The van der Waals surface area contributed by atoms with E-state index in [1.165, 1.54) is 19.4 Å². The molecule has 0 saturated carbocycles. The molecule has 0 aromatic carbocycles. The van der Waals surface area contributed by atoms with Crippen molar-refractivity contribution in [3.05, 3.63) is 0 Å². The minimum Gasteiger partial charge on any atom is -0.369 e. The van der Waals surface area contributed by atoms with Crippen molar-refractivity contribution >= 4 is 0 Å². The smallest absolute Gasteiger partial charge is 0.0861 e. The van der Waals surface area contributed by atoms with E-state index in [1.54, 1.807) is 0 Å². The summed E-state index contributed by atoms with van der Waals surface area (Å²) < 4.78 is 14.4. The summed E-state index contributed by atoms with van der Waals surface area (Å²) in [6.07, 6.45) is 3.31. The second-order valence-electron chi connectivity index (χ2n) is 4.91. The lowest BCUT2D eigenvalue weighted by Crippen LogP contribution is -2.64. The van der Waals surface area contributed by atoms with Crippen LogP contribution < -0.4 is 0 Å². The van der Waals surface area contributed by atoms with Crippen molar-refractivity contribution in [2.45, 2.75) is 37.5 Å². The molecule has 1 unspecified atom stereocenters. The third-order valence-corrected chi connectivity index (χ3v) is 3.68. The molecule has 3 aliphatic rings. The summed E-state index contributed by atoms with van der Waals surface area (Å²) in [6.45, 7) is 3.97. The molecule has 2 bridgehead atoms. The third kappa shape index (κ3) is 1.47. The Balaban J connectivity index is 1.85. The maximum Gasteiger partial charge on any atom is 0.0861 e. The molecule has 3 rings (SSSR count). The molecule has 3 atom stereocenters. The van der Waals surface area contributed by atoms with E-state index in [0.29, 0.717) is 6.04 Å². The van der Waals surface area contributed by atoms with Gasteiger partial charge in [-0.25, -0.2) is 0 Å². The second kappa shape index (κ2) is 3.47. The average molecular weight is 197 g/mol. The normalized spacial score (nSPS) is 51.1. The molecular formula is C11H20N2O. The fourth-order valence-corrected chi connectivity index (χ4v) is 3.08. The van der Waals surface area contributed by atoms with Crippen molar-refractivity contribution in [1.29, 1.82) is 0 Å². The Bertz CT molecular complexity index is 259. The van der Waals surface area contributed by atoms with Crippen molar-refractivity contribution < 1.29 is 6.11 Å². The molecule has 0 aliphatic carbocycles. The number of piperidine rings is 1. The van der Waals surface area contributed by atoms with Gasteiger partial charge in [0.2, 0.25) is 0 Å². The van der Waals surface area contributed by atoms with E-state index in [0.717, 1.165) is 26.1 Å². The lowest BCUT2D eigenvalue weighted by atomic mass is 9.92. The molecule has 3 saturated heterocycles. The van der Waals surface area contributed by atoms with Crippen LogP contribution in [0.25, 0.3) is 0 Å². The van der Waals surface area contributed by atoms with Gasteiger partial charge in [0.1, 0.15) is 0 Å². The molecular weight excluding hydrogens is 176 g/mol. The number of likely N-dealkylation sites (N-methyl/N-ethyl adjacent to an activating group) is 1. The third-order valence-electron chi connectivity index (χ3n) is 3.68. The predicted molar refractivity (Wildman–Crippen MR) is 55.4 cm³/mol. The van der Waals surface area contributed by atoms with Gasteiger partial charge >= 0.3 is 0 Å². The number of morpholine rings is 2. The van der Waals surface area contributed by atoms with Gasteiger partial charge in [0.15, 0.2) is 0 Å². The van der Waals surface area contributed by atoms with Crippen LogP contribution in [0.1, 0.15) is 20.6 Å². The highest BCUT2D eigenvalue weighted by Crippen LogP contribution is 2.29. The Morgan fingerprint density at radius 2 is 2.21 bits per heavy atom. The molecule has 0 aromatic rings. The summed E-state index contributed by atoms with van der Waals surface area (Å²) in [6, 6.07) is 0.338. The van der Waals surface area contributed by atoms with Crippen LogP contribution in [0.15, 0.2) is 0 Å². The first kappa shape index (κ1) is 8.08. The van der Waals surface area contributed by atoms with Gasteiger partial charge in [0.25, 0.3) is 0 Å². The Morgan fingerprint density at radius 1 is 1.29 bits per heavy atom. The molecule has 3 heteroatoms. The standard InChI is InChI=1S/C11H20N2O/c1-12-6-9-7-13-5-3-2-4-10(13)11(8-12)14-9/h9-11H,2-8H2,1H3/t9?,10-,11+/m0/s1/i11D. The zero-order valence-corrected chi connectivity index (χ0v) is 8.91. The van der Waals surface area contributed by atoms with Gasteiger partial charge in [-0.1, -0.05) is 6.42 Å². The quantitative estimate of drug-likeness (QED) is 0.564. The number of fused-ring (bicyclic) bond motifs is 4. The van der Waals surface area contributed by atoms with Gasteiger partial charge < -0.3 is 9.64 Å². The number of nitrogens with zero attached hydrogens (tertiary/aromatic N) is 2. The SMILES string of the molecule is [2H][C@@]12CN(C)CC(CN3CCCC[C@H]31)O2. The first-order valence-corrected chi connectivity index (χ1v) is 5.78. The largest absolute Gasteiger partial charge is 0.369 e. The molecule has 3 aliphatic heterocycles. The van der Waals surface area contributed by atoms with Gasteiger partial charge in [-0.2, -0.15) is 0 Å². The summed E-state index contributed by atoms with van der Waals surface area (Å²) in [5.41, 5.74) is 0. The van der Waals surface area contributed by atoms with E-state index in [-0.39, 0.29) is 6.10 Å². The zero-order valence-electron chi connectivity index (χ0n) is 9.91. The Labute approximate surface area is 87.4 Å². The van der Waals surface area contributed by atoms with Gasteiger partial charge in [0, 0.05) is 25.7 Å². The first-order chi connectivity index (χ1) is 7.17. The number of ether oxygens (including phenoxy) is 1. The van der Waals surface area contributed by atoms with Crippen LogP contribution in [-0.4, -0.2) is 61.3 Å². The summed E-state index contributed by atoms with van der Waals surface area (Å²) >= 11 is 0. The average Bonchev–Trinajstić information content (AvgIpc) is 2.15. The Hall–Kier alpha value is -0.120. The fraction of sp³-hybridized carbons (Fsp3) is 1.00. The van der Waals surface area contributed by atoms with Crippen molar-refractivity contribution in [2.24, 2.45) is 0 Å². The minimum atomic E-state index is -0.656. The minimum absolute atomic E-state index is 0.260. The van der Waals surface area contributed by atoms with Crippen LogP contribution in [0, 0.1) is 0 Å². The van der Waals surface area contributed by atoms with E-state index in [9.17, 15) is 0 Å². The van der Waals surface area contributed by atoms with Crippen LogP contribution in [0.2, 0.25) is 0 Å². The number of rotatable bonds is 0. The van der Waals surface area contributed by atoms with Gasteiger partial charge in [0.05, 0.1) is 13.6 Å².